The molecular weight excluding hydrogens is 601 g/mol. The smallest absolute Gasteiger partial charge is 0.268 e. The van der Waals surface area contributed by atoms with Crippen molar-refractivity contribution in [1.29, 1.82) is 0 Å². The van der Waals surface area contributed by atoms with E-state index in [1.807, 2.05) is 84.9 Å². The van der Waals surface area contributed by atoms with Gasteiger partial charge in [0, 0.05) is 16.3 Å². The topological polar surface area (TPSA) is 42.3 Å². The van der Waals surface area contributed by atoms with Gasteiger partial charge < -0.3 is 4.57 Å². The lowest BCUT2D eigenvalue weighted by Crippen LogP contribution is -2.30. The number of benzene rings is 7. The van der Waals surface area contributed by atoms with Crippen LogP contribution in [0.1, 0.15) is 26.3 Å². The van der Waals surface area contributed by atoms with Gasteiger partial charge in [0.1, 0.15) is 0 Å². The molecule has 0 atom stereocenters. The monoisotopic (exact) mass is 630 g/mol. The minimum Gasteiger partial charge on any atom is -0.308 e. The summed E-state index contributed by atoms with van der Waals surface area (Å²) in [7, 11) is 0. The normalized spacial score (nSPS) is 12.6. The van der Waals surface area contributed by atoms with Crippen LogP contribution in [-0.2, 0) is 0 Å². The quantitative estimate of drug-likeness (QED) is 0.178. The van der Waals surface area contributed by atoms with Crippen molar-refractivity contribution in [3.63, 3.8) is 0 Å². The van der Waals surface area contributed by atoms with Crippen molar-refractivity contribution < 1.29 is 9.59 Å². The van der Waals surface area contributed by atoms with E-state index in [0.29, 0.717) is 22.5 Å². The van der Waals surface area contributed by atoms with Crippen LogP contribution in [0.5, 0.6) is 0 Å². The lowest BCUT2D eigenvalue weighted by molar-refractivity contribution is 0.0926. The molecular formula is C45H30N2O2. The van der Waals surface area contributed by atoms with Crippen LogP contribution >= 0.6 is 0 Å². The second-order valence-corrected chi connectivity index (χ2v) is 12.5. The SMILES string of the molecule is Cc1ccc(-c2ccc3c4ccccc4n(-c4cccc5c4C(=O)N(c4cccc(-c6ccccc6)c4-c4ccccc4)C5=O)c3c2)cc1. The van der Waals surface area contributed by atoms with E-state index < -0.39 is 0 Å². The summed E-state index contributed by atoms with van der Waals surface area (Å²) in [4.78, 5) is 30.7. The van der Waals surface area contributed by atoms with Crippen LogP contribution in [0.2, 0.25) is 0 Å². The number of nitrogens with zero attached hydrogens (tertiary/aromatic N) is 2. The molecule has 49 heavy (non-hydrogen) atoms. The molecule has 0 fully saturated rings. The molecule has 0 aliphatic carbocycles. The van der Waals surface area contributed by atoms with Gasteiger partial charge in [0.25, 0.3) is 11.8 Å². The van der Waals surface area contributed by atoms with E-state index in [9.17, 15) is 9.59 Å². The number of fused-ring (bicyclic) bond motifs is 4. The van der Waals surface area contributed by atoms with Crippen molar-refractivity contribution in [1.82, 2.24) is 4.57 Å². The first-order valence-corrected chi connectivity index (χ1v) is 16.4. The molecule has 0 unspecified atom stereocenters. The first kappa shape index (κ1) is 28.7. The molecule has 0 radical (unpaired) electrons. The van der Waals surface area contributed by atoms with Gasteiger partial charge >= 0.3 is 0 Å². The molecule has 232 valence electrons. The number of hydrogen-bond acceptors (Lipinski definition) is 2. The van der Waals surface area contributed by atoms with E-state index in [1.54, 1.807) is 6.07 Å². The maximum Gasteiger partial charge on any atom is 0.268 e. The summed E-state index contributed by atoms with van der Waals surface area (Å²) in [5, 5.41) is 2.17. The number of anilines is 1. The minimum absolute atomic E-state index is 0.328. The van der Waals surface area contributed by atoms with E-state index in [4.69, 9.17) is 0 Å². The van der Waals surface area contributed by atoms with Crippen molar-refractivity contribution >= 4 is 39.3 Å². The van der Waals surface area contributed by atoms with Crippen molar-refractivity contribution in [2.45, 2.75) is 6.92 Å². The van der Waals surface area contributed by atoms with Gasteiger partial charge in [-0.15, -0.1) is 0 Å². The fraction of sp³-hybridized carbons (Fsp3) is 0.0222. The molecule has 4 nitrogen and oxygen atoms in total. The van der Waals surface area contributed by atoms with Gasteiger partial charge in [-0.2, -0.15) is 0 Å². The molecule has 4 heteroatoms. The second-order valence-electron chi connectivity index (χ2n) is 12.5. The van der Waals surface area contributed by atoms with Gasteiger partial charge in [-0.05, 0) is 65.1 Å². The predicted octanol–water partition coefficient (Wildman–Crippen LogP) is 10.9. The third-order valence-electron chi connectivity index (χ3n) is 9.62. The molecule has 9 rings (SSSR count). The fourth-order valence-corrected chi connectivity index (χ4v) is 7.32. The average molecular weight is 631 g/mol. The highest BCUT2D eigenvalue weighted by molar-refractivity contribution is 6.36. The zero-order chi connectivity index (χ0) is 33.1. The summed E-state index contributed by atoms with van der Waals surface area (Å²) in [6, 6.07) is 54.8. The van der Waals surface area contributed by atoms with E-state index in [0.717, 1.165) is 55.2 Å². The Morgan fingerprint density at radius 1 is 0.408 bits per heavy atom. The Kier molecular flexibility index (Phi) is 6.63. The van der Waals surface area contributed by atoms with E-state index >= 15 is 0 Å². The van der Waals surface area contributed by atoms with Gasteiger partial charge in [0.2, 0.25) is 0 Å². The van der Waals surface area contributed by atoms with Crippen LogP contribution in [0.3, 0.4) is 0 Å². The van der Waals surface area contributed by atoms with Crippen molar-refractivity contribution in [3.05, 3.63) is 180 Å². The van der Waals surface area contributed by atoms with Gasteiger partial charge in [0.15, 0.2) is 0 Å². The number of carbonyl (C=O) groups excluding carboxylic acids is 2. The molecule has 1 aromatic heterocycles. The Bertz CT molecular complexity index is 2580. The molecule has 1 aliphatic rings. The molecule has 1 aliphatic heterocycles. The summed E-state index contributed by atoms with van der Waals surface area (Å²) in [5.74, 6) is -0.663. The number of para-hydroxylation sites is 1. The number of carbonyl (C=O) groups is 2. The van der Waals surface area contributed by atoms with E-state index in [2.05, 4.69) is 84.3 Å². The molecule has 8 aromatic rings. The van der Waals surface area contributed by atoms with Crippen molar-refractivity contribution in [2.24, 2.45) is 0 Å². The van der Waals surface area contributed by atoms with Gasteiger partial charge in [-0.25, -0.2) is 4.90 Å². The maximum atomic E-state index is 14.8. The third kappa shape index (κ3) is 4.53. The highest BCUT2D eigenvalue weighted by Crippen LogP contribution is 2.44. The minimum atomic E-state index is -0.335. The second kappa shape index (κ2) is 11.3. The van der Waals surface area contributed by atoms with Gasteiger partial charge in [0.05, 0.1) is 33.5 Å². The fourth-order valence-electron chi connectivity index (χ4n) is 7.32. The number of rotatable bonds is 5. The number of aromatic nitrogens is 1. The third-order valence-corrected chi connectivity index (χ3v) is 9.62. The number of imide groups is 1. The van der Waals surface area contributed by atoms with Gasteiger partial charge in [-0.1, -0.05) is 139 Å². The molecule has 0 saturated heterocycles. The summed E-state index contributed by atoms with van der Waals surface area (Å²) < 4.78 is 2.15. The molecule has 2 heterocycles. The van der Waals surface area contributed by atoms with Crippen LogP contribution in [0, 0.1) is 6.92 Å². The molecule has 0 saturated carbocycles. The first-order chi connectivity index (χ1) is 24.1. The lowest BCUT2D eigenvalue weighted by Gasteiger charge is -2.22. The number of aryl methyl sites for hydroxylation is 1. The Balaban J connectivity index is 1.26. The maximum absolute atomic E-state index is 14.8. The van der Waals surface area contributed by atoms with Crippen LogP contribution in [0.4, 0.5) is 5.69 Å². The van der Waals surface area contributed by atoms with Crippen LogP contribution in [0.15, 0.2) is 164 Å². The van der Waals surface area contributed by atoms with Crippen LogP contribution < -0.4 is 4.90 Å². The Morgan fingerprint density at radius 2 is 1.02 bits per heavy atom. The lowest BCUT2D eigenvalue weighted by atomic mass is 9.92. The zero-order valence-electron chi connectivity index (χ0n) is 26.8. The predicted molar refractivity (Wildman–Crippen MR) is 199 cm³/mol. The van der Waals surface area contributed by atoms with E-state index in [-0.39, 0.29) is 11.8 Å². The van der Waals surface area contributed by atoms with Crippen molar-refractivity contribution in [2.75, 3.05) is 4.90 Å². The Hall–Kier alpha value is -6.52. The molecule has 0 bridgehead atoms. The van der Waals surface area contributed by atoms with Crippen molar-refractivity contribution in [3.8, 4) is 39.1 Å². The van der Waals surface area contributed by atoms with E-state index in [1.165, 1.54) is 10.5 Å². The highest BCUT2D eigenvalue weighted by atomic mass is 16.2. The molecule has 0 N–H and O–H groups in total. The summed E-state index contributed by atoms with van der Waals surface area (Å²) in [6.07, 6.45) is 0. The number of amides is 2. The van der Waals surface area contributed by atoms with Crippen LogP contribution in [-0.4, -0.2) is 16.4 Å². The first-order valence-electron chi connectivity index (χ1n) is 16.4. The standard InChI is InChI=1S/C45H30N2O2/c1-29-22-24-30(25-23-29)33-26-27-36-35-16-8-9-19-38(35)46(41(36)28-33)40-21-11-18-37-43(40)45(49)47(44(37)48)39-20-10-17-34(31-12-4-2-5-13-31)42(39)32-14-6-3-7-15-32/h2-28H,1H3. The van der Waals surface area contributed by atoms with Gasteiger partial charge in [-0.3, -0.25) is 9.59 Å². The van der Waals surface area contributed by atoms with Crippen LogP contribution in [0.25, 0.3) is 60.9 Å². The summed E-state index contributed by atoms with van der Waals surface area (Å²) >= 11 is 0. The Labute approximate surface area is 284 Å². The summed E-state index contributed by atoms with van der Waals surface area (Å²) in [5.41, 5.74) is 11.1. The molecule has 0 spiro atoms. The largest absolute Gasteiger partial charge is 0.308 e. The summed E-state index contributed by atoms with van der Waals surface area (Å²) in [6.45, 7) is 2.09. The number of hydrogen-bond donors (Lipinski definition) is 0. The highest BCUT2D eigenvalue weighted by Gasteiger charge is 2.40. The molecule has 2 amide bonds. The average Bonchev–Trinajstić information content (AvgIpc) is 3.62. The Morgan fingerprint density at radius 3 is 1.78 bits per heavy atom. The zero-order valence-corrected chi connectivity index (χ0v) is 26.8. The molecule has 7 aromatic carbocycles.